The zero-order valence-electron chi connectivity index (χ0n) is 16.3. The molecule has 3 N–H and O–H groups in total. The van der Waals surface area contributed by atoms with E-state index in [1.54, 1.807) is 0 Å². The Morgan fingerprint density at radius 1 is 1.00 bits per heavy atom. The second-order valence-corrected chi connectivity index (χ2v) is 6.51. The second-order valence-electron chi connectivity index (χ2n) is 6.51. The quantitative estimate of drug-likeness (QED) is 0.539. The summed E-state index contributed by atoms with van der Waals surface area (Å²) in [6.45, 7) is 2.90. The van der Waals surface area contributed by atoms with E-state index in [9.17, 15) is 4.79 Å². The maximum absolute atomic E-state index is 12.6. The number of rotatable bonds is 8. The number of nitrogens with one attached hydrogen (secondary N) is 3. The molecule has 5 nitrogen and oxygen atoms in total. The minimum atomic E-state index is -0.122. The van der Waals surface area contributed by atoms with Crippen LogP contribution in [0.25, 0.3) is 0 Å². The number of amides is 1. The Morgan fingerprint density at radius 2 is 1.79 bits per heavy atom. The van der Waals surface area contributed by atoms with Gasteiger partial charge in [-0.3, -0.25) is 9.78 Å². The Bertz CT molecular complexity index is 908. The molecule has 1 aromatic heterocycles. The molecule has 28 heavy (non-hydrogen) atoms. The largest absolute Gasteiger partial charge is 0.387 e. The fourth-order valence-electron chi connectivity index (χ4n) is 2.97. The molecule has 3 rings (SSSR count). The first-order valence-corrected chi connectivity index (χ1v) is 9.55. The molecule has 0 radical (unpaired) electrons. The molecule has 0 saturated heterocycles. The van der Waals surface area contributed by atoms with E-state index in [1.807, 2.05) is 73.9 Å². The van der Waals surface area contributed by atoms with E-state index in [2.05, 4.69) is 27.9 Å². The van der Waals surface area contributed by atoms with Crippen molar-refractivity contribution in [2.45, 2.75) is 19.8 Å². The number of carbonyl (C=O) groups is 1. The first-order valence-electron chi connectivity index (χ1n) is 9.55. The third-order valence-electron chi connectivity index (χ3n) is 4.59. The molecule has 144 valence electrons. The summed E-state index contributed by atoms with van der Waals surface area (Å²) in [6.07, 6.45) is 3.60. The summed E-state index contributed by atoms with van der Waals surface area (Å²) in [5.74, 6) is -0.122. The SMILES string of the molecule is CCc1ccc(C(=O)Nc2ccc(NCCc3ccccn3)cc2)c(NC)c1. The first kappa shape index (κ1) is 19.4. The van der Waals surface area contributed by atoms with Gasteiger partial charge in [-0.05, 0) is 60.5 Å². The van der Waals surface area contributed by atoms with Crippen LogP contribution in [0.5, 0.6) is 0 Å². The summed E-state index contributed by atoms with van der Waals surface area (Å²) in [5.41, 5.74) is 5.51. The Kier molecular flexibility index (Phi) is 6.63. The van der Waals surface area contributed by atoms with Crippen molar-refractivity contribution in [3.8, 4) is 0 Å². The summed E-state index contributed by atoms with van der Waals surface area (Å²) >= 11 is 0. The summed E-state index contributed by atoms with van der Waals surface area (Å²) < 4.78 is 0. The molecule has 0 aliphatic rings. The van der Waals surface area contributed by atoms with E-state index in [-0.39, 0.29) is 5.91 Å². The lowest BCUT2D eigenvalue weighted by molar-refractivity contribution is 0.102. The van der Waals surface area contributed by atoms with Crippen molar-refractivity contribution >= 4 is 23.0 Å². The van der Waals surface area contributed by atoms with Crippen molar-refractivity contribution in [3.63, 3.8) is 0 Å². The highest BCUT2D eigenvalue weighted by Gasteiger charge is 2.11. The van der Waals surface area contributed by atoms with Crippen LogP contribution in [-0.2, 0) is 12.8 Å². The molecule has 0 fully saturated rings. The summed E-state index contributed by atoms with van der Waals surface area (Å²) in [5, 5.41) is 9.44. The predicted octanol–water partition coefficient (Wildman–Crippen LogP) is 4.59. The molecule has 0 atom stereocenters. The van der Waals surface area contributed by atoms with Crippen LogP contribution in [0.3, 0.4) is 0 Å². The van der Waals surface area contributed by atoms with Gasteiger partial charge >= 0.3 is 0 Å². The average molecular weight is 374 g/mol. The summed E-state index contributed by atoms with van der Waals surface area (Å²) in [7, 11) is 1.83. The molecule has 0 unspecified atom stereocenters. The smallest absolute Gasteiger partial charge is 0.257 e. The van der Waals surface area contributed by atoms with Crippen LogP contribution >= 0.6 is 0 Å². The van der Waals surface area contributed by atoms with Gasteiger partial charge in [-0.15, -0.1) is 0 Å². The summed E-state index contributed by atoms with van der Waals surface area (Å²) in [6, 6.07) is 19.5. The van der Waals surface area contributed by atoms with Crippen LogP contribution < -0.4 is 16.0 Å². The van der Waals surface area contributed by atoms with Gasteiger partial charge in [0.2, 0.25) is 0 Å². The fourth-order valence-corrected chi connectivity index (χ4v) is 2.97. The van der Waals surface area contributed by atoms with E-state index in [1.165, 1.54) is 5.56 Å². The second kappa shape index (κ2) is 9.55. The number of hydrogen-bond acceptors (Lipinski definition) is 4. The van der Waals surface area contributed by atoms with Crippen molar-refractivity contribution in [1.29, 1.82) is 0 Å². The fraction of sp³-hybridized carbons (Fsp3) is 0.217. The van der Waals surface area contributed by atoms with Crippen molar-refractivity contribution in [1.82, 2.24) is 4.98 Å². The Balaban J connectivity index is 1.57. The highest BCUT2D eigenvalue weighted by Crippen LogP contribution is 2.20. The number of anilines is 3. The molecule has 2 aromatic carbocycles. The van der Waals surface area contributed by atoms with E-state index in [0.29, 0.717) is 5.56 Å². The van der Waals surface area contributed by atoms with Gasteiger partial charge in [0.05, 0.1) is 5.56 Å². The normalized spacial score (nSPS) is 10.4. The van der Waals surface area contributed by atoms with Gasteiger partial charge in [0, 0.05) is 49.0 Å². The maximum atomic E-state index is 12.6. The molecule has 1 heterocycles. The maximum Gasteiger partial charge on any atom is 0.257 e. The van der Waals surface area contributed by atoms with Crippen molar-refractivity contribution < 1.29 is 4.79 Å². The monoisotopic (exact) mass is 374 g/mol. The van der Waals surface area contributed by atoms with E-state index < -0.39 is 0 Å². The third-order valence-corrected chi connectivity index (χ3v) is 4.59. The minimum absolute atomic E-state index is 0.122. The molecular formula is C23H26N4O. The summed E-state index contributed by atoms with van der Waals surface area (Å²) in [4.78, 5) is 17.0. The van der Waals surface area contributed by atoms with Crippen LogP contribution in [-0.4, -0.2) is 24.5 Å². The Hall–Kier alpha value is -3.34. The van der Waals surface area contributed by atoms with E-state index in [4.69, 9.17) is 0 Å². The first-order chi connectivity index (χ1) is 13.7. The number of aryl methyl sites for hydroxylation is 1. The highest BCUT2D eigenvalue weighted by molar-refractivity contribution is 6.08. The molecule has 5 heteroatoms. The molecule has 0 bridgehead atoms. The van der Waals surface area contributed by atoms with Crippen LogP contribution in [0.1, 0.15) is 28.5 Å². The van der Waals surface area contributed by atoms with Crippen LogP contribution in [0.15, 0.2) is 66.9 Å². The number of pyridine rings is 1. The number of carbonyl (C=O) groups excluding carboxylic acids is 1. The van der Waals surface area contributed by atoms with Gasteiger partial charge in [0.1, 0.15) is 0 Å². The van der Waals surface area contributed by atoms with Gasteiger partial charge in [-0.25, -0.2) is 0 Å². The molecule has 0 spiro atoms. The standard InChI is InChI=1S/C23H26N4O/c1-3-17-7-12-21(22(16-17)24-2)23(28)27-20-10-8-19(9-11-20)26-15-13-18-6-4-5-14-25-18/h4-12,14,16,24,26H,3,13,15H2,1-2H3,(H,27,28). The number of benzene rings is 2. The molecule has 1 amide bonds. The number of aromatic nitrogens is 1. The van der Waals surface area contributed by atoms with Gasteiger partial charge in [-0.2, -0.15) is 0 Å². The molecule has 3 aromatic rings. The van der Waals surface area contributed by atoms with Gasteiger partial charge in [0.15, 0.2) is 0 Å². The van der Waals surface area contributed by atoms with Gasteiger partial charge < -0.3 is 16.0 Å². The topological polar surface area (TPSA) is 66.0 Å². The molecule has 0 aliphatic carbocycles. The zero-order chi connectivity index (χ0) is 19.8. The van der Waals surface area contributed by atoms with E-state index in [0.717, 1.165) is 42.1 Å². The highest BCUT2D eigenvalue weighted by atomic mass is 16.1. The number of nitrogens with zero attached hydrogens (tertiary/aromatic N) is 1. The van der Waals surface area contributed by atoms with Crippen molar-refractivity contribution in [2.24, 2.45) is 0 Å². The molecule has 0 saturated carbocycles. The van der Waals surface area contributed by atoms with Crippen molar-refractivity contribution in [2.75, 3.05) is 29.5 Å². The Labute approximate surface area is 166 Å². The van der Waals surface area contributed by atoms with Gasteiger partial charge in [0.25, 0.3) is 5.91 Å². The molecular weight excluding hydrogens is 348 g/mol. The molecule has 0 aliphatic heterocycles. The lowest BCUT2D eigenvalue weighted by atomic mass is 10.1. The van der Waals surface area contributed by atoms with E-state index >= 15 is 0 Å². The van der Waals surface area contributed by atoms with Crippen LogP contribution in [0.2, 0.25) is 0 Å². The lowest BCUT2D eigenvalue weighted by Gasteiger charge is -2.12. The third kappa shape index (κ3) is 5.10. The van der Waals surface area contributed by atoms with Gasteiger partial charge in [-0.1, -0.05) is 19.1 Å². The zero-order valence-corrected chi connectivity index (χ0v) is 16.3. The number of hydrogen-bond donors (Lipinski definition) is 3. The predicted molar refractivity (Wildman–Crippen MR) is 116 cm³/mol. The Morgan fingerprint density at radius 3 is 2.46 bits per heavy atom. The minimum Gasteiger partial charge on any atom is -0.387 e. The van der Waals surface area contributed by atoms with Crippen LogP contribution in [0.4, 0.5) is 17.1 Å². The lowest BCUT2D eigenvalue weighted by Crippen LogP contribution is -2.14. The van der Waals surface area contributed by atoms with Crippen LogP contribution in [0, 0.1) is 0 Å². The van der Waals surface area contributed by atoms with Crippen molar-refractivity contribution in [3.05, 3.63) is 83.7 Å². The average Bonchev–Trinajstić information content (AvgIpc) is 2.75.